The van der Waals surface area contributed by atoms with Crippen LogP contribution < -0.4 is 5.73 Å². The maximum absolute atomic E-state index is 12.3. The lowest BCUT2D eigenvalue weighted by Crippen LogP contribution is -2.54. The summed E-state index contributed by atoms with van der Waals surface area (Å²) >= 11 is 0. The average molecular weight is 198 g/mol. The molecular formula is C7H13F3N2O. The van der Waals surface area contributed by atoms with Crippen molar-refractivity contribution in [3.05, 3.63) is 0 Å². The maximum atomic E-state index is 12.3. The molecule has 3 nitrogen and oxygen atoms in total. The monoisotopic (exact) mass is 198 g/mol. The summed E-state index contributed by atoms with van der Waals surface area (Å²) in [6.07, 6.45) is -4.23. The molecule has 0 aromatic heterocycles. The lowest BCUT2D eigenvalue weighted by Gasteiger charge is -2.34. The third-order valence-electron chi connectivity index (χ3n) is 2.09. The highest BCUT2D eigenvalue weighted by Crippen LogP contribution is 2.24. The predicted octanol–water partition coefficient (Wildman–Crippen LogP) is 0.208. The van der Waals surface area contributed by atoms with E-state index in [0.717, 1.165) is 0 Å². The van der Waals surface area contributed by atoms with Gasteiger partial charge in [0.15, 0.2) is 0 Å². The largest absolute Gasteiger partial charge is 0.405 e. The van der Waals surface area contributed by atoms with Gasteiger partial charge in [-0.2, -0.15) is 13.2 Å². The van der Waals surface area contributed by atoms with Crippen LogP contribution in [-0.4, -0.2) is 50.0 Å². The van der Waals surface area contributed by atoms with Gasteiger partial charge in [-0.05, 0) is 0 Å². The van der Waals surface area contributed by atoms with Crippen LogP contribution in [0, 0.1) is 0 Å². The van der Waals surface area contributed by atoms with Crippen LogP contribution in [0.15, 0.2) is 0 Å². The molecule has 1 heterocycles. The minimum Gasteiger partial charge on any atom is -0.379 e. The predicted molar refractivity (Wildman–Crippen MR) is 41.3 cm³/mol. The van der Waals surface area contributed by atoms with Crippen LogP contribution >= 0.6 is 0 Å². The maximum Gasteiger partial charge on any atom is 0.405 e. The van der Waals surface area contributed by atoms with Gasteiger partial charge in [-0.3, -0.25) is 4.90 Å². The smallest absolute Gasteiger partial charge is 0.379 e. The van der Waals surface area contributed by atoms with Gasteiger partial charge in [-0.15, -0.1) is 0 Å². The third kappa shape index (κ3) is 2.82. The first kappa shape index (κ1) is 10.7. The van der Waals surface area contributed by atoms with Crippen molar-refractivity contribution in [2.75, 3.05) is 32.8 Å². The molecule has 0 spiro atoms. The van der Waals surface area contributed by atoms with Gasteiger partial charge >= 0.3 is 6.18 Å². The number of hydrogen-bond donors (Lipinski definition) is 1. The number of halogens is 3. The molecule has 78 valence electrons. The van der Waals surface area contributed by atoms with Gasteiger partial charge in [-0.1, -0.05) is 0 Å². The van der Waals surface area contributed by atoms with Gasteiger partial charge in [0.25, 0.3) is 0 Å². The van der Waals surface area contributed by atoms with Gasteiger partial charge in [0.05, 0.1) is 13.2 Å². The Kier molecular flexibility index (Phi) is 3.52. The average Bonchev–Trinajstić information content (AvgIpc) is 2.05. The minimum absolute atomic E-state index is 0.307. The van der Waals surface area contributed by atoms with Crippen molar-refractivity contribution in [1.82, 2.24) is 4.90 Å². The van der Waals surface area contributed by atoms with Crippen LogP contribution in [0.4, 0.5) is 13.2 Å². The van der Waals surface area contributed by atoms with Gasteiger partial charge in [0.1, 0.15) is 6.04 Å². The zero-order valence-corrected chi connectivity index (χ0v) is 7.18. The standard InChI is InChI=1S/C7H13F3N2O/c8-7(9,10)6(5-11)12-1-3-13-4-2-12/h6H,1-5,11H2/t6-/m1/s1. The van der Waals surface area contributed by atoms with E-state index in [9.17, 15) is 13.2 Å². The van der Waals surface area contributed by atoms with Gasteiger partial charge in [0.2, 0.25) is 0 Å². The zero-order chi connectivity index (χ0) is 9.90. The van der Waals surface area contributed by atoms with Crippen molar-refractivity contribution in [3.8, 4) is 0 Å². The third-order valence-corrected chi connectivity index (χ3v) is 2.09. The number of alkyl halides is 3. The lowest BCUT2D eigenvalue weighted by molar-refractivity contribution is -0.188. The SMILES string of the molecule is NC[C@@H](N1CCOCC1)C(F)(F)F. The van der Waals surface area contributed by atoms with E-state index in [-0.39, 0.29) is 6.54 Å². The molecule has 6 heteroatoms. The number of nitrogens with two attached hydrogens (primary N) is 1. The summed E-state index contributed by atoms with van der Waals surface area (Å²) in [6, 6.07) is -1.52. The Morgan fingerprint density at radius 3 is 2.23 bits per heavy atom. The van der Waals surface area contributed by atoms with Crippen LogP contribution in [0.25, 0.3) is 0 Å². The van der Waals surface area contributed by atoms with Crippen molar-refractivity contribution < 1.29 is 17.9 Å². The molecule has 1 rings (SSSR count). The van der Waals surface area contributed by atoms with Crippen molar-refractivity contribution in [2.45, 2.75) is 12.2 Å². The second kappa shape index (κ2) is 4.26. The summed E-state index contributed by atoms with van der Waals surface area (Å²) in [7, 11) is 0. The first-order valence-corrected chi connectivity index (χ1v) is 4.14. The van der Waals surface area contributed by atoms with E-state index in [1.807, 2.05) is 0 Å². The van der Waals surface area contributed by atoms with E-state index in [2.05, 4.69) is 0 Å². The fraction of sp³-hybridized carbons (Fsp3) is 1.00. The fourth-order valence-electron chi connectivity index (χ4n) is 1.38. The van der Waals surface area contributed by atoms with Crippen molar-refractivity contribution in [2.24, 2.45) is 5.73 Å². The normalized spacial score (nSPS) is 23.1. The molecule has 1 atom stereocenters. The highest BCUT2D eigenvalue weighted by Gasteiger charge is 2.42. The molecule has 0 aromatic carbocycles. The molecule has 1 fully saturated rings. The molecule has 0 saturated carbocycles. The molecular weight excluding hydrogens is 185 g/mol. The summed E-state index contributed by atoms with van der Waals surface area (Å²) in [5.41, 5.74) is 5.09. The van der Waals surface area contributed by atoms with Gasteiger partial charge < -0.3 is 10.5 Å². The molecule has 1 aliphatic heterocycles. The van der Waals surface area contributed by atoms with Crippen LogP contribution in [0.5, 0.6) is 0 Å². The lowest BCUT2D eigenvalue weighted by atomic mass is 10.2. The molecule has 1 saturated heterocycles. The second-order valence-electron chi connectivity index (χ2n) is 2.94. The van der Waals surface area contributed by atoms with E-state index in [4.69, 9.17) is 10.5 Å². The Morgan fingerprint density at radius 1 is 1.31 bits per heavy atom. The van der Waals surface area contributed by atoms with Crippen LogP contribution in [0.3, 0.4) is 0 Å². The number of rotatable bonds is 2. The van der Waals surface area contributed by atoms with Crippen LogP contribution in [-0.2, 0) is 4.74 Å². The number of hydrogen-bond acceptors (Lipinski definition) is 3. The Morgan fingerprint density at radius 2 is 1.85 bits per heavy atom. The number of nitrogens with zero attached hydrogens (tertiary/aromatic N) is 1. The summed E-state index contributed by atoms with van der Waals surface area (Å²) in [5.74, 6) is 0. The van der Waals surface area contributed by atoms with E-state index in [0.29, 0.717) is 26.3 Å². The molecule has 0 radical (unpaired) electrons. The number of ether oxygens (including phenoxy) is 1. The van der Waals surface area contributed by atoms with E-state index < -0.39 is 12.2 Å². The highest BCUT2D eigenvalue weighted by atomic mass is 19.4. The first-order chi connectivity index (χ1) is 6.05. The molecule has 0 unspecified atom stereocenters. The Labute approximate surface area is 74.6 Å². The Bertz CT molecular complexity index is 156. The summed E-state index contributed by atoms with van der Waals surface area (Å²) < 4.78 is 42.0. The van der Waals surface area contributed by atoms with E-state index in [1.165, 1.54) is 4.90 Å². The minimum atomic E-state index is -4.23. The molecule has 1 aliphatic rings. The van der Waals surface area contributed by atoms with Gasteiger partial charge in [-0.25, -0.2) is 0 Å². The van der Waals surface area contributed by atoms with Gasteiger partial charge in [0, 0.05) is 19.6 Å². The van der Waals surface area contributed by atoms with Crippen molar-refractivity contribution in [1.29, 1.82) is 0 Å². The van der Waals surface area contributed by atoms with Crippen molar-refractivity contribution >= 4 is 0 Å². The molecule has 13 heavy (non-hydrogen) atoms. The van der Waals surface area contributed by atoms with Crippen LogP contribution in [0.2, 0.25) is 0 Å². The Balaban J connectivity index is 2.54. The summed E-state index contributed by atoms with van der Waals surface area (Å²) in [4.78, 5) is 1.32. The first-order valence-electron chi connectivity index (χ1n) is 4.14. The molecule has 0 aromatic rings. The summed E-state index contributed by atoms with van der Waals surface area (Å²) in [6.45, 7) is 0.936. The molecule has 0 amide bonds. The second-order valence-corrected chi connectivity index (χ2v) is 2.94. The fourth-order valence-corrected chi connectivity index (χ4v) is 1.38. The Hall–Kier alpha value is -0.330. The van der Waals surface area contributed by atoms with E-state index in [1.54, 1.807) is 0 Å². The zero-order valence-electron chi connectivity index (χ0n) is 7.18. The topological polar surface area (TPSA) is 38.5 Å². The highest BCUT2D eigenvalue weighted by molar-refractivity contribution is 4.80. The van der Waals surface area contributed by atoms with E-state index >= 15 is 0 Å². The quantitative estimate of drug-likeness (QED) is 0.689. The van der Waals surface area contributed by atoms with Crippen molar-refractivity contribution in [3.63, 3.8) is 0 Å². The molecule has 2 N–H and O–H groups in total. The molecule has 0 bridgehead atoms. The summed E-state index contributed by atoms with van der Waals surface area (Å²) in [5, 5.41) is 0. The van der Waals surface area contributed by atoms with Crippen LogP contribution in [0.1, 0.15) is 0 Å². The molecule has 0 aliphatic carbocycles. The number of morpholine rings is 1.